The molecule has 1 aromatic heterocycles. The van der Waals surface area contributed by atoms with E-state index < -0.39 is 0 Å². The van der Waals surface area contributed by atoms with Crippen LogP contribution in [0.2, 0.25) is 0 Å². The summed E-state index contributed by atoms with van der Waals surface area (Å²) in [6.07, 6.45) is 3.91. The van der Waals surface area contributed by atoms with Crippen LogP contribution in [0.1, 0.15) is 36.1 Å². The van der Waals surface area contributed by atoms with Gasteiger partial charge in [-0.05, 0) is 44.7 Å². The highest BCUT2D eigenvalue weighted by molar-refractivity contribution is 6.17. The SMILES string of the molecule is Cc1cc(C)c(CCl)c(N(C)C2CCC2)n1. The maximum Gasteiger partial charge on any atom is 0.133 e. The first-order valence-electron chi connectivity index (χ1n) is 5.89. The van der Waals surface area contributed by atoms with E-state index in [9.17, 15) is 0 Å². The van der Waals surface area contributed by atoms with Gasteiger partial charge in [0.05, 0.1) is 5.88 Å². The maximum atomic E-state index is 6.03. The smallest absolute Gasteiger partial charge is 0.133 e. The summed E-state index contributed by atoms with van der Waals surface area (Å²) < 4.78 is 0. The van der Waals surface area contributed by atoms with E-state index >= 15 is 0 Å². The monoisotopic (exact) mass is 238 g/mol. The van der Waals surface area contributed by atoms with Crippen molar-refractivity contribution in [3.05, 3.63) is 22.9 Å². The number of hydrogen-bond donors (Lipinski definition) is 0. The molecule has 2 rings (SSSR count). The number of pyridine rings is 1. The van der Waals surface area contributed by atoms with Crippen molar-refractivity contribution >= 4 is 17.4 Å². The van der Waals surface area contributed by atoms with Crippen LogP contribution >= 0.6 is 11.6 Å². The third kappa shape index (κ3) is 2.03. The fraction of sp³-hybridized carbons (Fsp3) is 0.615. The second-order valence-corrected chi connectivity index (χ2v) is 4.98. The van der Waals surface area contributed by atoms with E-state index in [0.29, 0.717) is 11.9 Å². The number of alkyl halides is 1. The predicted octanol–water partition coefficient (Wildman–Crippen LogP) is 3.43. The number of aromatic nitrogens is 1. The molecule has 3 heteroatoms. The first-order chi connectivity index (χ1) is 7.63. The van der Waals surface area contributed by atoms with E-state index in [0.717, 1.165) is 11.5 Å². The Hall–Kier alpha value is -0.760. The average Bonchev–Trinajstić information content (AvgIpc) is 2.13. The Bertz CT molecular complexity index is 386. The molecule has 2 nitrogen and oxygen atoms in total. The van der Waals surface area contributed by atoms with Gasteiger partial charge in [-0.3, -0.25) is 0 Å². The molecule has 0 amide bonds. The normalized spacial score (nSPS) is 16.0. The number of anilines is 1. The Morgan fingerprint density at radius 2 is 2.12 bits per heavy atom. The molecule has 0 spiro atoms. The van der Waals surface area contributed by atoms with Gasteiger partial charge in [-0.2, -0.15) is 0 Å². The van der Waals surface area contributed by atoms with E-state index in [1.807, 2.05) is 6.92 Å². The minimum Gasteiger partial charge on any atom is -0.356 e. The van der Waals surface area contributed by atoms with Gasteiger partial charge in [0.1, 0.15) is 5.82 Å². The van der Waals surface area contributed by atoms with Crippen molar-refractivity contribution in [1.29, 1.82) is 0 Å². The molecule has 0 aromatic carbocycles. The third-order valence-electron chi connectivity index (χ3n) is 3.54. The summed E-state index contributed by atoms with van der Waals surface area (Å²) in [7, 11) is 2.14. The van der Waals surface area contributed by atoms with Gasteiger partial charge in [0.2, 0.25) is 0 Å². The lowest BCUT2D eigenvalue weighted by molar-refractivity contribution is 0.398. The molecule has 1 fully saturated rings. The number of aryl methyl sites for hydroxylation is 2. The van der Waals surface area contributed by atoms with E-state index in [1.54, 1.807) is 0 Å². The van der Waals surface area contributed by atoms with Gasteiger partial charge >= 0.3 is 0 Å². The van der Waals surface area contributed by atoms with E-state index in [-0.39, 0.29) is 0 Å². The highest BCUT2D eigenvalue weighted by atomic mass is 35.5. The van der Waals surface area contributed by atoms with Crippen LogP contribution in [0.3, 0.4) is 0 Å². The van der Waals surface area contributed by atoms with Crippen molar-refractivity contribution in [3.8, 4) is 0 Å². The van der Waals surface area contributed by atoms with Crippen LogP contribution in [-0.4, -0.2) is 18.1 Å². The summed E-state index contributed by atoms with van der Waals surface area (Å²) in [6, 6.07) is 2.77. The lowest BCUT2D eigenvalue weighted by Gasteiger charge is -2.36. The third-order valence-corrected chi connectivity index (χ3v) is 3.81. The second kappa shape index (κ2) is 4.62. The van der Waals surface area contributed by atoms with Crippen LogP contribution in [0.15, 0.2) is 6.07 Å². The summed E-state index contributed by atoms with van der Waals surface area (Å²) in [6.45, 7) is 4.16. The molecular formula is C13H19ClN2. The van der Waals surface area contributed by atoms with Crippen molar-refractivity contribution in [1.82, 2.24) is 4.98 Å². The fourth-order valence-electron chi connectivity index (χ4n) is 2.25. The first-order valence-corrected chi connectivity index (χ1v) is 6.43. The molecule has 0 unspecified atom stereocenters. The zero-order valence-corrected chi connectivity index (χ0v) is 11.0. The molecule has 0 atom stereocenters. The molecule has 0 N–H and O–H groups in total. The van der Waals surface area contributed by atoms with Gasteiger partial charge in [-0.25, -0.2) is 4.98 Å². The number of hydrogen-bond acceptors (Lipinski definition) is 2. The van der Waals surface area contributed by atoms with Gasteiger partial charge in [0.25, 0.3) is 0 Å². The van der Waals surface area contributed by atoms with Crippen molar-refractivity contribution in [3.63, 3.8) is 0 Å². The van der Waals surface area contributed by atoms with Crippen LogP contribution in [0.4, 0.5) is 5.82 Å². The largest absolute Gasteiger partial charge is 0.356 e. The highest BCUT2D eigenvalue weighted by Gasteiger charge is 2.25. The van der Waals surface area contributed by atoms with Gasteiger partial charge in [0, 0.05) is 24.3 Å². The molecule has 1 saturated carbocycles. The molecular weight excluding hydrogens is 220 g/mol. The summed E-state index contributed by atoms with van der Waals surface area (Å²) in [5.74, 6) is 1.63. The highest BCUT2D eigenvalue weighted by Crippen LogP contribution is 2.31. The molecule has 88 valence electrons. The topological polar surface area (TPSA) is 16.1 Å². The molecule has 0 radical (unpaired) electrons. The molecule has 1 aliphatic carbocycles. The summed E-state index contributed by atoms with van der Waals surface area (Å²) in [4.78, 5) is 6.96. The minimum absolute atomic E-state index is 0.547. The van der Waals surface area contributed by atoms with Crippen molar-refractivity contribution in [2.24, 2.45) is 0 Å². The fourth-order valence-corrected chi connectivity index (χ4v) is 2.58. The van der Waals surface area contributed by atoms with Crippen LogP contribution in [0.5, 0.6) is 0 Å². The number of rotatable bonds is 3. The van der Waals surface area contributed by atoms with Crippen LogP contribution < -0.4 is 4.90 Å². The Balaban J connectivity index is 2.36. The lowest BCUT2D eigenvalue weighted by atomic mass is 9.91. The standard InChI is InChI=1S/C13H19ClN2/c1-9-7-10(2)15-13(12(9)8-14)16(3)11-5-4-6-11/h7,11H,4-6,8H2,1-3H3. The Labute approximate surface area is 103 Å². The van der Waals surface area contributed by atoms with Crippen molar-refractivity contribution < 1.29 is 0 Å². The van der Waals surface area contributed by atoms with Crippen LogP contribution in [0.25, 0.3) is 0 Å². The molecule has 1 aliphatic rings. The van der Waals surface area contributed by atoms with E-state index in [1.165, 1.54) is 30.4 Å². The molecule has 0 bridgehead atoms. The molecule has 0 aliphatic heterocycles. The zero-order chi connectivity index (χ0) is 11.7. The number of halogens is 1. The van der Waals surface area contributed by atoms with E-state index in [2.05, 4.69) is 29.9 Å². The zero-order valence-electron chi connectivity index (χ0n) is 10.3. The van der Waals surface area contributed by atoms with E-state index in [4.69, 9.17) is 11.6 Å². The second-order valence-electron chi connectivity index (χ2n) is 4.71. The average molecular weight is 239 g/mol. The molecule has 1 heterocycles. The van der Waals surface area contributed by atoms with Gasteiger partial charge in [-0.1, -0.05) is 0 Å². The maximum absolute atomic E-state index is 6.03. The van der Waals surface area contributed by atoms with Crippen molar-refractivity contribution in [2.45, 2.75) is 45.0 Å². The minimum atomic E-state index is 0.547. The predicted molar refractivity (Wildman–Crippen MR) is 69.3 cm³/mol. The van der Waals surface area contributed by atoms with Gasteiger partial charge in [0.15, 0.2) is 0 Å². The molecule has 1 aromatic rings. The Morgan fingerprint density at radius 1 is 1.44 bits per heavy atom. The number of nitrogens with zero attached hydrogens (tertiary/aromatic N) is 2. The van der Waals surface area contributed by atoms with Crippen LogP contribution in [-0.2, 0) is 5.88 Å². The van der Waals surface area contributed by atoms with Gasteiger partial charge < -0.3 is 4.90 Å². The quantitative estimate of drug-likeness (QED) is 0.751. The molecule has 16 heavy (non-hydrogen) atoms. The first kappa shape index (κ1) is 11.7. The summed E-state index contributed by atoms with van der Waals surface area (Å²) in [5.41, 5.74) is 3.51. The summed E-state index contributed by atoms with van der Waals surface area (Å²) in [5, 5.41) is 0. The molecule has 0 saturated heterocycles. The summed E-state index contributed by atoms with van der Waals surface area (Å²) >= 11 is 6.03. The van der Waals surface area contributed by atoms with Crippen LogP contribution in [0, 0.1) is 13.8 Å². The Morgan fingerprint density at radius 3 is 2.62 bits per heavy atom. The van der Waals surface area contributed by atoms with Gasteiger partial charge in [-0.15, -0.1) is 11.6 Å². The lowest BCUT2D eigenvalue weighted by Crippen LogP contribution is -2.38. The van der Waals surface area contributed by atoms with Crippen molar-refractivity contribution in [2.75, 3.05) is 11.9 Å². The Kier molecular flexibility index (Phi) is 3.38.